The highest BCUT2D eigenvalue weighted by Crippen LogP contribution is 2.40. The molecule has 1 heterocycles. The average molecular weight is 406 g/mol. The van der Waals surface area contributed by atoms with Crippen LogP contribution >= 0.6 is 11.6 Å². The van der Waals surface area contributed by atoms with Gasteiger partial charge in [-0.25, -0.2) is 4.79 Å². The number of rotatable bonds is 4. The number of aliphatic carboxylic acids is 1. The quantitative estimate of drug-likeness (QED) is 0.779. The first-order valence-electron chi connectivity index (χ1n) is 7.69. The maximum Gasteiger partial charge on any atom is 0.573 e. The third-order valence-corrected chi connectivity index (χ3v) is 4.44. The van der Waals surface area contributed by atoms with Crippen molar-refractivity contribution in [2.24, 2.45) is 0 Å². The molecule has 0 radical (unpaired) electrons. The fourth-order valence-corrected chi connectivity index (χ4v) is 3.25. The molecule has 146 valence electrons. The first-order chi connectivity index (χ1) is 12.5. The van der Waals surface area contributed by atoms with E-state index in [1.165, 1.54) is 13.0 Å². The van der Waals surface area contributed by atoms with Crippen molar-refractivity contribution in [1.29, 1.82) is 0 Å². The minimum absolute atomic E-state index is 0.0423. The summed E-state index contributed by atoms with van der Waals surface area (Å²) >= 11 is 5.91. The molecule has 0 aromatic heterocycles. The fraction of sp³-hybridized carbons (Fsp3) is 0.412. The van der Waals surface area contributed by atoms with Crippen LogP contribution in [0.5, 0.6) is 5.75 Å². The molecule has 0 unspecified atom stereocenters. The summed E-state index contributed by atoms with van der Waals surface area (Å²) in [6.45, 7) is 1.43. The second kappa shape index (κ2) is 7.66. The molecule has 2 rings (SSSR count). The van der Waals surface area contributed by atoms with Crippen molar-refractivity contribution < 1.29 is 37.3 Å². The molecule has 0 aliphatic carbocycles. The van der Waals surface area contributed by atoms with Crippen LogP contribution in [0.3, 0.4) is 0 Å². The summed E-state index contributed by atoms with van der Waals surface area (Å²) in [7, 11) is 0. The van der Waals surface area contributed by atoms with Gasteiger partial charge in [0.05, 0.1) is 5.02 Å². The largest absolute Gasteiger partial charge is 0.573 e. The lowest BCUT2D eigenvalue weighted by molar-refractivity contribution is -0.274. The topological polar surface area (TPSA) is 76.1 Å². The summed E-state index contributed by atoms with van der Waals surface area (Å²) < 4.78 is 46.7. The number of hydrogen-bond acceptors (Lipinski definition) is 4. The van der Waals surface area contributed by atoms with E-state index in [-0.39, 0.29) is 37.3 Å². The number of terminal acetylenes is 1. The number of nitrogens with zero attached hydrogens (tertiary/aromatic N) is 1. The van der Waals surface area contributed by atoms with Crippen molar-refractivity contribution in [3.63, 3.8) is 0 Å². The van der Waals surface area contributed by atoms with Crippen molar-refractivity contribution in [3.05, 3.63) is 22.7 Å². The van der Waals surface area contributed by atoms with E-state index < -0.39 is 34.5 Å². The van der Waals surface area contributed by atoms with E-state index in [1.807, 2.05) is 5.92 Å². The summed E-state index contributed by atoms with van der Waals surface area (Å²) in [5.74, 6) is -1.05. The Kier molecular flexibility index (Phi) is 5.92. The van der Waals surface area contributed by atoms with Gasteiger partial charge in [0.25, 0.3) is 0 Å². The van der Waals surface area contributed by atoms with Crippen LogP contribution in [0, 0.1) is 19.3 Å². The lowest BCUT2D eigenvalue weighted by Gasteiger charge is -2.42. The average Bonchev–Trinajstić information content (AvgIpc) is 2.58. The van der Waals surface area contributed by atoms with Crippen molar-refractivity contribution >= 4 is 29.2 Å². The summed E-state index contributed by atoms with van der Waals surface area (Å²) in [4.78, 5) is 25.3. The molecule has 0 saturated carbocycles. The van der Waals surface area contributed by atoms with Crippen LogP contribution in [-0.2, 0) is 14.3 Å². The van der Waals surface area contributed by atoms with Crippen LogP contribution in [0.2, 0.25) is 5.02 Å². The van der Waals surface area contributed by atoms with Crippen LogP contribution < -0.4 is 9.64 Å². The second-order valence-electron chi connectivity index (χ2n) is 5.86. The van der Waals surface area contributed by atoms with Gasteiger partial charge in [-0.3, -0.25) is 9.69 Å². The highest BCUT2D eigenvalue weighted by atomic mass is 35.5. The third-order valence-electron chi connectivity index (χ3n) is 4.16. The number of halogens is 4. The molecule has 0 atom stereocenters. The Balaban J connectivity index is 2.60. The molecule has 6 nitrogen and oxygen atoms in total. The lowest BCUT2D eigenvalue weighted by Crippen LogP contribution is -2.60. The molecule has 1 saturated heterocycles. The van der Waals surface area contributed by atoms with Crippen molar-refractivity contribution in [2.75, 3.05) is 18.1 Å². The van der Waals surface area contributed by atoms with E-state index in [4.69, 9.17) is 22.8 Å². The van der Waals surface area contributed by atoms with Gasteiger partial charge in [-0.2, -0.15) is 0 Å². The van der Waals surface area contributed by atoms with Gasteiger partial charge in [0.15, 0.2) is 11.3 Å². The zero-order valence-corrected chi connectivity index (χ0v) is 14.9. The minimum Gasteiger partial charge on any atom is -0.479 e. The SMILES string of the molecule is C#CC(=O)N(c1cc(C)c(OC(F)(F)F)c(Cl)c1)C1(C(=O)O)CCOCC1. The number of carboxylic acid groups (broad SMARTS) is 1. The number of carbonyl (C=O) groups excluding carboxylic acids is 1. The molecule has 1 aliphatic heterocycles. The number of anilines is 1. The number of ether oxygens (including phenoxy) is 2. The third kappa shape index (κ3) is 4.28. The number of carboxylic acids is 1. The van der Waals surface area contributed by atoms with E-state index in [2.05, 4.69) is 4.74 Å². The Morgan fingerprint density at radius 1 is 1.37 bits per heavy atom. The molecule has 1 N–H and O–H groups in total. The van der Waals surface area contributed by atoms with Crippen LogP contribution in [-0.4, -0.2) is 42.1 Å². The molecule has 1 aliphatic rings. The van der Waals surface area contributed by atoms with Crippen LogP contribution in [0.1, 0.15) is 18.4 Å². The van der Waals surface area contributed by atoms with Crippen LogP contribution in [0.15, 0.2) is 12.1 Å². The van der Waals surface area contributed by atoms with Crippen molar-refractivity contribution in [3.8, 4) is 18.1 Å². The molecule has 0 spiro atoms. The molecular weight excluding hydrogens is 391 g/mol. The van der Waals surface area contributed by atoms with Crippen molar-refractivity contribution in [2.45, 2.75) is 31.7 Å². The number of benzene rings is 1. The molecule has 1 amide bonds. The van der Waals surface area contributed by atoms with Crippen molar-refractivity contribution in [1.82, 2.24) is 0 Å². The van der Waals surface area contributed by atoms with E-state index >= 15 is 0 Å². The first-order valence-corrected chi connectivity index (χ1v) is 8.07. The Labute approximate surface area is 157 Å². The standard InChI is InChI=1S/C17H15ClF3NO5/c1-3-13(23)22(16(15(24)25)4-6-26-7-5-16)11-8-10(2)14(12(18)9-11)27-17(19,20)21/h1,8-9H,4-7H2,2H3,(H,24,25). The van der Waals surface area contributed by atoms with E-state index in [0.717, 1.165) is 11.0 Å². The number of hydrogen-bond donors (Lipinski definition) is 1. The molecule has 0 bridgehead atoms. The molecule has 27 heavy (non-hydrogen) atoms. The second-order valence-corrected chi connectivity index (χ2v) is 6.26. The maximum atomic E-state index is 12.5. The zero-order chi connectivity index (χ0) is 20.4. The predicted molar refractivity (Wildman–Crippen MR) is 89.6 cm³/mol. The number of carbonyl (C=O) groups is 2. The fourth-order valence-electron chi connectivity index (χ4n) is 2.95. The van der Waals surface area contributed by atoms with Gasteiger partial charge in [-0.05, 0) is 30.5 Å². The highest BCUT2D eigenvalue weighted by Gasteiger charge is 2.48. The van der Waals surface area contributed by atoms with Gasteiger partial charge in [0.1, 0.15) is 0 Å². The van der Waals surface area contributed by atoms with Gasteiger partial charge in [-0.1, -0.05) is 11.6 Å². The van der Waals surface area contributed by atoms with Gasteiger partial charge in [-0.15, -0.1) is 19.6 Å². The van der Waals surface area contributed by atoms with E-state index in [9.17, 15) is 27.9 Å². The van der Waals surface area contributed by atoms with Crippen LogP contribution in [0.4, 0.5) is 18.9 Å². The van der Waals surface area contributed by atoms with Gasteiger partial charge < -0.3 is 14.6 Å². The normalized spacial score (nSPS) is 16.3. The zero-order valence-electron chi connectivity index (χ0n) is 14.1. The van der Waals surface area contributed by atoms with E-state index in [1.54, 1.807) is 0 Å². The molecule has 1 fully saturated rings. The van der Waals surface area contributed by atoms with Crippen LogP contribution in [0.25, 0.3) is 0 Å². The highest BCUT2D eigenvalue weighted by molar-refractivity contribution is 6.32. The Morgan fingerprint density at radius 3 is 2.41 bits per heavy atom. The Bertz CT molecular complexity index is 774. The molecular formula is C17H15ClF3NO5. The smallest absolute Gasteiger partial charge is 0.479 e. The maximum absolute atomic E-state index is 12.5. The predicted octanol–water partition coefficient (Wildman–Crippen LogP) is 3.15. The Hall–Kier alpha value is -2.44. The van der Waals surface area contributed by atoms with Gasteiger partial charge >= 0.3 is 18.2 Å². The number of alkyl halides is 3. The molecule has 1 aromatic rings. The monoisotopic (exact) mass is 405 g/mol. The van der Waals surface area contributed by atoms with Gasteiger partial charge in [0.2, 0.25) is 0 Å². The summed E-state index contributed by atoms with van der Waals surface area (Å²) in [6.07, 6.45) is 0.132. The number of aryl methyl sites for hydroxylation is 1. The Morgan fingerprint density at radius 2 is 1.96 bits per heavy atom. The summed E-state index contributed by atoms with van der Waals surface area (Å²) in [5, 5.41) is 9.35. The minimum atomic E-state index is -4.97. The molecule has 10 heteroatoms. The summed E-state index contributed by atoms with van der Waals surface area (Å²) in [6, 6.07) is 2.19. The molecule has 1 aromatic carbocycles. The number of amides is 1. The summed E-state index contributed by atoms with van der Waals surface area (Å²) in [5.41, 5.74) is -1.79. The van der Waals surface area contributed by atoms with Gasteiger partial charge in [0, 0.05) is 31.7 Å². The lowest BCUT2D eigenvalue weighted by atomic mass is 9.87. The van der Waals surface area contributed by atoms with E-state index in [0.29, 0.717) is 0 Å². The first kappa shape index (κ1) is 20.9.